The van der Waals surface area contributed by atoms with Crippen molar-refractivity contribution in [3.05, 3.63) is 64.2 Å². The van der Waals surface area contributed by atoms with Crippen molar-refractivity contribution in [3.8, 4) is 5.75 Å². The van der Waals surface area contributed by atoms with Gasteiger partial charge in [-0.05, 0) is 28.7 Å². The Kier molecular flexibility index (Phi) is 6.33. The summed E-state index contributed by atoms with van der Waals surface area (Å²) in [7, 11) is -1.30. The lowest BCUT2D eigenvalue weighted by Crippen LogP contribution is -2.53. The van der Waals surface area contributed by atoms with Crippen LogP contribution in [0.2, 0.25) is 0 Å². The summed E-state index contributed by atoms with van der Waals surface area (Å²) in [6.45, 7) is 0.709. The first kappa shape index (κ1) is 20.3. The van der Waals surface area contributed by atoms with Crippen molar-refractivity contribution in [3.63, 3.8) is 0 Å². The van der Waals surface area contributed by atoms with Crippen molar-refractivity contribution >= 4 is 13.0 Å². The monoisotopic (exact) mass is 385 g/mol. The van der Waals surface area contributed by atoms with Gasteiger partial charge in [0.1, 0.15) is 5.75 Å². The molecule has 0 saturated heterocycles. The molecule has 2 aromatic carbocycles. The Morgan fingerprint density at radius 1 is 1.18 bits per heavy atom. The van der Waals surface area contributed by atoms with E-state index in [2.05, 4.69) is 5.32 Å². The summed E-state index contributed by atoms with van der Waals surface area (Å²) < 4.78 is 5.45. The van der Waals surface area contributed by atoms with Gasteiger partial charge in [0.05, 0.1) is 12.4 Å². The number of rotatable bonds is 6. The molecule has 1 atom stereocenters. The molecule has 1 aliphatic heterocycles. The van der Waals surface area contributed by atoms with Gasteiger partial charge in [-0.3, -0.25) is 4.79 Å². The van der Waals surface area contributed by atoms with E-state index in [0.29, 0.717) is 25.1 Å². The second-order valence-corrected chi connectivity index (χ2v) is 6.84. The van der Waals surface area contributed by atoms with Gasteiger partial charge in [0.2, 0.25) is 5.91 Å². The quantitative estimate of drug-likeness (QED) is 0.283. The van der Waals surface area contributed by atoms with Gasteiger partial charge in [-0.2, -0.15) is 0 Å². The summed E-state index contributed by atoms with van der Waals surface area (Å²) in [4.78, 5) is 12.5. The zero-order chi connectivity index (χ0) is 20.3. The molecule has 0 radical (unpaired) electrons. The van der Waals surface area contributed by atoms with Crippen LogP contribution in [0.1, 0.15) is 34.1 Å². The average molecular weight is 385 g/mol. The van der Waals surface area contributed by atoms with Crippen LogP contribution in [0, 0.1) is 0 Å². The second kappa shape index (κ2) is 8.72. The topological polar surface area (TPSA) is 151 Å². The van der Waals surface area contributed by atoms with Crippen molar-refractivity contribution in [1.29, 1.82) is 0 Å². The second-order valence-electron chi connectivity index (χ2n) is 6.84. The van der Waals surface area contributed by atoms with Crippen LogP contribution in [0.5, 0.6) is 5.75 Å². The number of benzene rings is 2. The maximum atomic E-state index is 12.5. The SMILES string of the molecule is NCc1cc(CN)cc(CC(=O)N[C@H]2Cc3cccc(C(O)O)c3OB2O)c1. The summed E-state index contributed by atoms with van der Waals surface area (Å²) in [5.74, 6) is -0.692. The number of carbonyl (C=O) groups excluding carboxylic acids is 1. The number of hydrogen-bond donors (Lipinski definition) is 6. The molecule has 0 saturated carbocycles. The number of nitrogens with two attached hydrogens (primary N) is 2. The molecule has 0 bridgehead atoms. The number of amides is 1. The molecule has 0 aromatic heterocycles. The highest BCUT2D eigenvalue weighted by atomic mass is 16.5. The largest absolute Gasteiger partial charge is 0.547 e. The lowest BCUT2D eigenvalue weighted by Gasteiger charge is -2.29. The van der Waals surface area contributed by atoms with E-state index in [4.69, 9.17) is 16.1 Å². The molecule has 148 valence electrons. The van der Waals surface area contributed by atoms with Crippen LogP contribution in [0.3, 0.4) is 0 Å². The van der Waals surface area contributed by atoms with E-state index in [1.807, 2.05) is 18.2 Å². The van der Waals surface area contributed by atoms with Crippen LogP contribution < -0.4 is 21.4 Å². The molecule has 1 aliphatic rings. The van der Waals surface area contributed by atoms with Gasteiger partial charge in [0, 0.05) is 18.7 Å². The van der Waals surface area contributed by atoms with Crippen molar-refractivity contribution in [2.45, 2.75) is 38.2 Å². The highest BCUT2D eigenvalue weighted by Crippen LogP contribution is 2.32. The summed E-state index contributed by atoms with van der Waals surface area (Å²) in [5.41, 5.74) is 14.8. The Balaban J connectivity index is 1.71. The predicted molar refractivity (Wildman–Crippen MR) is 104 cm³/mol. The van der Waals surface area contributed by atoms with Crippen LogP contribution in [0.4, 0.5) is 0 Å². The minimum Gasteiger partial charge on any atom is -0.534 e. The van der Waals surface area contributed by atoms with Gasteiger partial charge in [0.15, 0.2) is 6.29 Å². The molecular formula is C19H24BN3O5. The van der Waals surface area contributed by atoms with E-state index in [1.54, 1.807) is 12.1 Å². The number of fused-ring (bicyclic) bond motifs is 1. The van der Waals surface area contributed by atoms with Crippen LogP contribution in [0.25, 0.3) is 0 Å². The molecule has 0 spiro atoms. The molecule has 2 aromatic rings. The first-order valence-electron chi connectivity index (χ1n) is 9.05. The van der Waals surface area contributed by atoms with Crippen LogP contribution in [0.15, 0.2) is 36.4 Å². The van der Waals surface area contributed by atoms with Gasteiger partial charge in [-0.15, -0.1) is 0 Å². The van der Waals surface area contributed by atoms with Gasteiger partial charge in [-0.1, -0.05) is 36.4 Å². The number of para-hydroxylation sites is 1. The fourth-order valence-corrected chi connectivity index (χ4v) is 3.40. The summed E-state index contributed by atoms with van der Waals surface area (Å²) in [6.07, 6.45) is -1.29. The molecule has 8 nitrogen and oxygen atoms in total. The highest BCUT2D eigenvalue weighted by molar-refractivity contribution is 6.46. The van der Waals surface area contributed by atoms with E-state index in [-0.39, 0.29) is 23.6 Å². The van der Waals surface area contributed by atoms with Gasteiger partial charge in [0.25, 0.3) is 0 Å². The molecule has 0 fully saturated rings. The summed E-state index contributed by atoms with van der Waals surface area (Å²) >= 11 is 0. The molecule has 3 rings (SSSR count). The Labute approximate surface area is 163 Å². The lowest BCUT2D eigenvalue weighted by atomic mass is 9.72. The van der Waals surface area contributed by atoms with Crippen molar-refractivity contribution in [2.75, 3.05) is 0 Å². The maximum Gasteiger partial charge on any atom is 0.547 e. The van der Waals surface area contributed by atoms with Crippen molar-refractivity contribution in [2.24, 2.45) is 11.5 Å². The minimum absolute atomic E-state index is 0.117. The Morgan fingerprint density at radius 3 is 2.43 bits per heavy atom. The predicted octanol–water partition coefficient (Wildman–Crippen LogP) is -0.731. The van der Waals surface area contributed by atoms with Crippen LogP contribution >= 0.6 is 0 Å². The van der Waals surface area contributed by atoms with E-state index in [9.17, 15) is 20.0 Å². The minimum atomic E-state index is -1.71. The molecule has 8 N–H and O–H groups in total. The number of hydrogen-bond acceptors (Lipinski definition) is 7. The number of aliphatic hydroxyl groups excluding tert-OH is 1. The Morgan fingerprint density at radius 2 is 1.82 bits per heavy atom. The third kappa shape index (κ3) is 4.52. The first-order valence-corrected chi connectivity index (χ1v) is 9.05. The molecular weight excluding hydrogens is 361 g/mol. The smallest absolute Gasteiger partial charge is 0.534 e. The molecule has 1 amide bonds. The standard InChI is InChI=1S/C19H24BN3O5/c21-9-12-4-11(5-13(6-12)10-22)7-17(24)23-16-8-14-2-1-3-15(19(25)26)18(14)28-20(16)27/h1-6,16,19,25-27H,7-10,21-22H2,(H,23,24)/t16-/m0/s1. The van der Waals surface area contributed by atoms with Crippen molar-refractivity contribution in [1.82, 2.24) is 5.32 Å². The third-order valence-corrected chi connectivity index (χ3v) is 4.72. The number of carbonyl (C=O) groups is 1. The van der Waals surface area contributed by atoms with Crippen LogP contribution in [-0.4, -0.2) is 34.2 Å². The summed E-state index contributed by atoms with van der Waals surface area (Å²) in [6, 6.07) is 10.6. The zero-order valence-corrected chi connectivity index (χ0v) is 15.3. The maximum absolute atomic E-state index is 12.5. The van der Waals surface area contributed by atoms with Gasteiger partial charge < -0.3 is 36.7 Å². The molecule has 1 heterocycles. The van der Waals surface area contributed by atoms with E-state index < -0.39 is 19.3 Å². The average Bonchev–Trinajstić information content (AvgIpc) is 2.67. The van der Waals surface area contributed by atoms with Crippen LogP contribution in [-0.2, 0) is 30.7 Å². The zero-order valence-electron chi connectivity index (χ0n) is 15.3. The van der Waals surface area contributed by atoms with E-state index >= 15 is 0 Å². The van der Waals surface area contributed by atoms with Crippen molar-refractivity contribution < 1.29 is 24.7 Å². The third-order valence-electron chi connectivity index (χ3n) is 4.72. The fraction of sp³-hybridized carbons (Fsp3) is 0.316. The molecule has 0 unspecified atom stereocenters. The van der Waals surface area contributed by atoms with E-state index in [1.165, 1.54) is 6.07 Å². The normalized spacial score (nSPS) is 15.9. The van der Waals surface area contributed by atoms with E-state index in [0.717, 1.165) is 16.7 Å². The lowest BCUT2D eigenvalue weighted by molar-refractivity contribution is -0.120. The Bertz CT molecular complexity index is 839. The first-order chi connectivity index (χ1) is 13.4. The van der Waals surface area contributed by atoms with Gasteiger partial charge in [-0.25, -0.2) is 0 Å². The number of nitrogens with one attached hydrogen (secondary N) is 1. The highest BCUT2D eigenvalue weighted by Gasteiger charge is 2.37. The number of aliphatic hydroxyl groups is 2. The Hall–Kier alpha value is -2.43. The molecule has 28 heavy (non-hydrogen) atoms. The fourth-order valence-electron chi connectivity index (χ4n) is 3.40. The summed E-state index contributed by atoms with van der Waals surface area (Å²) in [5, 5.41) is 31.9. The molecule has 0 aliphatic carbocycles. The van der Waals surface area contributed by atoms with Gasteiger partial charge >= 0.3 is 7.12 Å². The molecule has 9 heteroatoms.